The Hall–Kier alpha value is -2.57. The Bertz CT molecular complexity index is 603. The standard InChI is InChI=1S/C17H23N3O4/c1-19(2)15(21)10-14(12-6-4-3-5-7-12)18-17(24)20-9-8-13(11-20)16(22)23/h3-7,13-14H,8-11H2,1-2H3,(H,18,24)(H,22,23). The molecule has 7 heteroatoms. The van der Waals surface area contributed by atoms with Gasteiger partial charge in [-0.2, -0.15) is 0 Å². The number of likely N-dealkylation sites (tertiary alicyclic amines) is 1. The Morgan fingerprint density at radius 3 is 2.50 bits per heavy atom. The van der Waals surface area contributed by atoms with E-state index < -0.39 is 17.9 Å². The van der Waals surface area contributed by atoms with E-state index in [1.807, 2.05) is 30.3 Å². The number of urea groups is 1. The lowest BCUT2D eigenvalue weighted by molar-refractivity contribution is -0.141. The number of carboxylic acids is 1. The molecule has 2 N–H and O–H groups in total. The first kappa shape index (κ1) is 17.8. The summed E-state index contributed by atoms with van der Waals surface area (Å²) >= 11 is 0. The molecule has 3 amide bonds. The number of rotatable bonds is 5. The van der Waals surface area contributed by atoms with Crippen molar-refractivity contribution < 1.29 is 19.5 Å². The molecule has 2 rings (SSSR count). The van der Waals surface area contributed by atoms with E-state index in [1.165, 1.54) is 9.80 Å². The summed E-state index contributed by atoms with van der Waals surface area (Å²) in [6, 6.07) is 8.51. The summed E-state index contributed by atoms with van der Waals surface area (Å²) in [6.45, 7) is 0.607. The molecule has 130 valence electrons. The summed E-state index contributed by atoms with van der Waals surface area (Å²) in [5.41, 5.74) is 0.843. The fourth-order valence-electron chi connectivity index (χ4n) is 2.68. The molecule has 1 heterocycles. The van der Waals surface area contributed by atoms with Crippen LogP contribution >= 0.6 is 0 Å². The van der Waals surface area contributed by atoms with E-state index in [0.717, 1.165) is 5.56 Å². The van der Waals surface area contributed by atoms with Crippen LogP contribution in [-0.2, 0) is 9.59 Å². The van der Waals surface area contributed by atoms with Crippen LogP contribution in [0.3, 0.4) is 0 Å². The summed E-state index contributed by atoms with van der Waals surface area (Å²) < 4.78 is 0. The predicted molar refractivity (Wildman–Crippen MR) is 88.3 cm³/mol. The Morgan fingerprint density at radius 1 is 1.29 bits per heavy atom. The lowest BCUT2D eigenvalue weighted by Crippen LogP contribution is -2.42. The van der Waals surface area contributed by atoms with E-state index in [-0.39, 0.29) is 24.9 Å². The molecule has 7 nitrogen and oxygen atoms in total. The molecular weight excluding hydrogens is 310 g/mol. The summed E-state index contributed by atoms with van der Waals surface area (Å²) in [7, 11) is 3.34. The van der Waals surface area contributed by atoms with Crippen molar-refractivity contribution in [3.8, 4) is 0 Å². The van der Waals surface area contributed by atoms with E-state index in [2.05, 4.69) is 5.32 Å². The van der Waals surface area contributed by atoms with Crippen molar-refractivity contribution in [1.82, 2.24) is 15.1 Å². The monoisotopic (exact) mass is 333 g/mol. The first-order valence-electron chi connectivity index (χ1n) is 7.92. The Balaban J connectivity index is 2.06. The third-order valence-electron chi connectivity index (χ3n) is 4.20. The molecule has 0 aliphatic carbocycles. The van der Waals surface area contributed by atoms with E-state index in [4.69, 9.17) is 5.11 Å². The molecule has 1 aromatic rings. The van der Waals surface area contributed by atoms with Crippen LogP contribution in [0.1, 0.15) is 24.4 Å². The van der Waals surface area contributed by atoms with E-state index in [0.29, 0.717) is 13.0 Å². The zero-order valence-electron chi connectivity index (χ0n) is 13.9. The largest absolute Gasteiger partial charge is 0.481 e. The zero-order valence-corrected chi connectivity index (χ0v) is 13.9. The zero-order chi connectivity index (χ0) is 17.7. The second-order valence-electron chi connectivity index (χ2n) is 6.17. The summed E-state index contributed by atoms with van der Waals surface area (Å²) in [4.78, 5) is 38.5. The van der Waals surface area contributed by atoms with Gasteiger partial charge in [0.1, 0.15) is 0 Å². The molecule has 1 fully saturated rings. The molecule has 0 spiro atoms. The highest BCUT2D eigenvalue weighted by atomic mass is 16.4. The number of hydrogen-bond acceptors (Lipinski definition) is 3. The van der Waals surface area contributed by atoms with Gasteiger partial charge in [-0.25, -0.2) is 4.79 Å². The Kier molecular flexibility index (Phi) is 5.78. The van der Waals surface area contributed by atoms with E-state index in [9.17, 15) is 14.4 Å². The van der Waals surface area contributed by atoms with Gasteiger partial charge in [-0.05, 0) is 12.0 Å². The quantitative estimate of drug-likeness (QED) is 0.850. The first-order chi connectivity index (χ1) is 11.4. The molecule has 0 aromatic heterocycles. The number of nitrogens with zero attached hydrogens (tertiary/aromatic N) is 2. The van der Waals surface area contributed by atoms with Crippen LogP contribution in [0.4, 0.5) is 4.79 Å². The van der Waals surface area contributed by atoms with Gasteiger partial charge in [0.05, 0.1) is 18.4 Å². The van der Waals surface area contributed by atoms with Crippen molar-refractivity contribution in [1.29, 1.82) is 0 Å². The fraction of sp³-hybridized carbons (Fsp3) is 0.471. The van der Waals surface area contributed by atoms with E-state index in [1.54, 1.807) is 14.1 Å². The number of amides is 3. The van der Waals surface area contributed by atoms with Crippen LogP contribution in [0.15, 0.2) is 30.3 Å². The van der Waals surface area contributed by atoms with Crippen molar-refractivity contribution in [3.63, 3.8) is 0 Å². The highest BCUT2D eigenvalue weighted by Crippen LogP contribution is 2.20. The molecule has 1 aliphatic rings. The van der Waals surface area contributed by atoms with Crippen LogP contribution in [0, 0.1) is 5.92 Å². The smallest absolute Gasteiger partial charge is 0.317 e. The van der Waals surface area contributed by atoms with Crippen LogP contribution in [0.25, 0.3) is 0 Å². The molecule has 2 atom stereocenters. The minimum atomic E-state index is -0.882. The van der Waals surface area contributed by atoms with Gasteiger partial charge >= 0.3 is 12.0 Å². The van der Waals surface area contributed by atoms with Gasteiger partial charge in [-0.1, -0.05) is 30.3 Å². The van der Waals surface area contributed by atoms with Gasteiger partial charge in [-0.15, -0.1) is 0 Å². The Labute approximate surface area is 141 Å². The average Bonchev–Trinajstić information content (AvgIpc) is 3.05. The summed E-state index contributed by atoms with van der Waals surface area (Å²) in [5, 5.41) is 11.9. The minimum Gasteiger partial charge on any atom is -0.481 e. The van der Waals surface area contributed by atoms with Crippen molar-refractivity contribution in [2.75, 3.05) is 27.2 Å². The highest BCUT2D eigenvalue weighted by Gasteiger charge is 2.32. The van der Waals surface area contributed by atoms with Gasteiger partial charge in [0.2, 0.25) is 5.91 Å². The van der Waals surface area contributed by atoms with Gasteiger partial charge in [0.15, 0.2) is 0 Å². The SMILES string of the molecule is CN(C)C(=O)CC(NC(=O)N1CCC(C(=O)O)C1)c1ccccc1. The summed E-state index contributed by atoms with van der Waals surface area (Å²) in [6.07, 6.45) is 0.605. The minimum absolute atomic E-state index is 0.0889. The molecule has 1 aliphatic heterocycles. The second kappa shape index (κ2) is 7.81. The van der Waals surface area contributed by atoms with Crippen LogP contribution in [-0.4, -0.2) is 60.0 Å². The average molecular weight is 333 g/mol. The maximum absolute atomic E-state index is 12.4. The van der Waals surface area contributed by atoms with E-state index >= 15 is 0 Å². The van der Waals surface area contributed by atoms with Crippen LogP contribution < -0.4 is 5.32 Å². The third kappa shape index (κ3) is 4.47. The molecule has 1 aromatic carbocycles. The number of carbonyl (C=O) groups excluding carboxylic acids is 2. The molecule has 0 saturated carbocycles. The molecular formula is C17H23N3O4. The molecule has 1 saturated heterocycles. The third-order valence-corrected chi connectivity index (χ3v) is 4.20. The lowest BCUT2D eigenvalue weighted by atomic mass is 10.0. The van der Waals surface area contributed by atoms with Crippen molar-refractivity contribution in [3.05, 3.63) is 35.9 Å². The Morgan fingerprint density at radius 2 is 1.96 bits per heavy atom. The highest BCUT2D eigenvalue weighted by molar-refractivity contribution is 5.80. The topological polar surface area (TPSA) is 90.0 Å². The van der Waals surface area contributed by atoms with Gasteiger partial charge in [-0.3, -0.25) is 9.59 Å². The number of carbonyl (C=O) groups is 3. The van der Waals surface area contributed by atoms with Crippen molar-refractivity contribution >= 4 is 17.9 Å². The second-order valence-corrected chi connectivity index (χ2v) is 6.17. The maximum atomic E-state index is 12.4. The number of hydrogen-bond donors (Lipinski definition) is 2. The number of nitrogens with one attached hydrogen (secondary N) is 1. The number of aliphatic carboxylic acids is 1. The van der Waals surface area contributed by atoms with Crippen molar-refractivity contribution in [2.24, 2.45) is 5.92 Å². The lowest BCUT2D eigenvalue weighted by Gasteiger charge is -2.24. The van der Waals surface area contributed by atoms with Crippen LogP contribution in [0.5, 0.6) is 0 Å². The van der Waals surface area contributed by atoms with Gasteiger partial charge in [0.25, 0.3) is 0 Å². The normalized spacial score (nSPS) is 18.1. The predicted octanol–water partition coefficient (Wildman–Crippen LogP) is 1.32. The summed E-state index contributed by atoms with van der Waals surface area (Å²) in [5.74, 6) is -1.49. The van der Waals surface area contributed by atoms with Crippen molar-refractivity contribution in [2.45, 2.75) is 18.9 Å². The first-order valence-corrected chi connectivity index (χ1v) is 7.92. The maximum Gasteiger partial charge on any atom is 0.317 e. The molecule has 2 unspecified atom stereocenters. The molecule has 0 radical (unpaired) electrons. The number of benzene rings is 1. The van der Waals surface area contributed by atoms with Gasteiger partial charge < -0.3 is 20.2 Å². The fourth-order valence-corrected chi connectivity index (χ4v) is 2.68. The molecule has 0 bridgehead atoms. The number of carboxylic acid groups (broad SMARTS) is 1. The van der Waals surface area contributed by atoms with Gasteiger partial charge in [0, 0.05) is 27.2 Å². The van der Waals surface area contributed by atoms with Crippen LogP contribution in [0.2, 0.25) is 0 Å². The molecule has 24 heavy (non-hydrogen) atoms.